The van der Waals surface area contributed by atoms with Gasteiger partial charge < -0.3 is 4.74 Å². The van der Waals surface area contributed by atoms with Gasteiger partial charge in [0.15, 0.2) is 6.61 Å². The van der Waals surface area contributed by atoms with Crippen LogP contribution in [0, 0.1) is 6.92 Å². The molecular weight excluding hydrogens is 300 g/mol. The number of hydrogen-bond acceptors (Lipinski definition) is 3. The van der Waals surface area contributed by atoms with Crippen molar-refractivity contribution < 1.29 is 9.53 Å². The Bertz CT molecular complexity index is 906. The van der Waals surface area contributed by atoms with Crippen LogP contribution in [0.5, 0.6) is 5.75 Å². The van der Waals surface area contributed by atoms with Gasteiger partial charge in [0.2, 0.25) is 0 Å². The first kappa shape index (κ1) is 14.7. The summed E-state index contributed by atoms with van der Waals surface area (Å²) in [5.41, 5.74) is 3.26. The molecule has 120 valence electrons. The van der Waals surface area contributed by atoms with Gasteiger partial charge in [-0.05, 0) is 49.2 Å². The predicted octanol–water partition coefficient (Wildman–Crippen LogP) is 3.51. The average Bonchev–Trinajstić information content (AvgIpc) is 3.01. The van der Waals surface area contributed by atoms with Gasteiger partial charge >= 0.3 is 0 Å². The molecule has 4 rings (SSSR count). The van der Waals surface area contributed by atoms with E-state index in [0.29, 0.717) is 12.3 Å². The molecule has 0 atom stereocenters. The average molecular weight is 318 g/mol. The number of carbonyl (C=O) groups excluding carboxylic acids is 1. The molecule has 1 amide bonds. The molecule has 1 aromatic heterocycles. The summed E-state index contributed by atoms with van der Waals surface area (Å²) in [6, 6.07) is 17.7. The van der Waals surface area contributed by atoms with Gasteiger partial charge in [-0.3, -0.25) is 9.69 Å². The smallest absolute Gasteiger partial charge is 0.266 e. The molecule has 0 bridgehead atoms. The molecule has 0 aliphatic carbocycles. The van der Waals surface area contributed by atoms with Crippen molar-refractivity contribution in [2.75, 3.05) is 18.1 Å². The molecule has 2 heterocycles. The molecule has 0 fully saturated rings. The van der Waals surface area contributed by atoms with Crippen LogP contribution in [0.15, 0.2) is 54.6 Å². The van der Waals surface area contributed by atoms with Crippen LogP contribution in [-0.2, 0) is 11.2 Å². The van der Waals surface area contributed by atoms with Crippen LogP contribution in [0.1, 0.15) is 11.1 Å². The zero-order valence-electron chi connectivity index (χ0n) is 13.5. The van der Waals surface area contributed by atoms with Crippen molar-refractivity contribution in [3.63, 3.8) is 0 Å². The molecule has 0 saturated carbocycles. The Balaban J connectivity index is 1.56. The Morgan fingerprint density at radius 1 is 1.17 bits per heavy atom. The van der Waals surface area contributed by atoms with Crippen molar-refractivity contribution in [2.45, 2.75) is 13.3 Å². The molecule has 0 unspecified atom stereocenters. The molecule has 3 aromatic rings. The molecule has 0 spiro atoms. The zero-order chi connectivity index (χ0) is 16.5. The van der Waals surface area contributed by atoms with Gasteiger partial charge in [-0.15, -0.1) is 0 Å². The first-order valence-corrected chi connectivity index (χ1v) is 8.09. The maximum Gasteiger partial charge on any atom is 0.266 e. The van der Waals surface area contributed by atoms with Crippen molar-refractivity contribution >= 4 is 22.6 Å². The number of amides is 1. The summed E-state index contributed by atoms with van der Waals surface area (Å²) in [7, 11) is 0. The molecule has 2 aromatic carbocycles. The van der Waals surface area contributed by atoms with Gasteiger partial charge in [0.25, 0.3) is 5.91 Å². The third kappa shape index (κ3) is 2.71. The van der Waals surface area contributed by atoms with Crippen LogP contribution in [0.4, 0.5) is 5.82 Å². The Kier molecular flexibility index (Phi) is 3.65. The number of para-hydroxylation sites is 1. The molecular formula is C20H18N2O2. The quantitative estimate of drug-likeness (QED) is 0.742. The lowest BCUT2D eigenvalue weighted by Crippen LogP contribution is -2.33. The summed E-state index contributed by atoms with van der Waals surface area (Å²) in [6.07, 6.45) is 0.837. The van der Waals surface area contributed by atoms with E-state index < -0.39 is 0 Å². The standard InChI is InChI=1S/C20H18N2O2/c1-14-7-8-18-16(11-14)12-15-9-10-22(20(15)21-18)19(23)13-24-17-5-3-2-4-6-17/h2-8,11-12H,9-10,13H2,1H3. The maximum absolute atomic E-state index is 12.5. The Hall–Kier alpha value is -2.88. The third-order valence-electron chi connectivity index (χ3n) is 4.29. The summed E-state index contributed by atoms with van der Waals surface area (Å²) in [5, 5.41) is 1.13. The fraction of sp³-hybridized carbons (Fsp3) is 0.200. The minimum Gasteiger partial charge on any atom is -0.484 e. The number of nitrogens with zero attached hydrogens (tertiary/aromatic N) is 2. The molecule has 4 heteroatoms. The first-order valence-electron chi connectivity index (χ1n) is 8.09. The lowest BCUT2D eigenvalue weighted by Gasteiger charge is -2.17. The SMILES string of the molecule is Cc1ccc2nc3c(cc2c1)CCN3C(=O)COc1ccccc1. The van der Waals surface area contributed by atoms with Crippen LogP contribution in [0.2, 0.25) is 0 Å². The number of aromatic nitrogens is 1. The molecule has 1 aliphatic rings. The van der Waals surface area contributed by atoms with Gasteiger partial charge in [-0.1, -0.05) is 29.8 Å². The van der Waals surface area contributed by atoms with Crippen LogP contribution >= 0.6 is 0 Å². The van der Waals surface area contributed by atoms with Crippen LogP contribution in [-0.4, -0.2) is 24.0 Å². The van der Waals surface area contributed by atoms with E-state index in [2.05, 4.69) is 19.1 Å². The van der Waals surface area contributed by atoms with Gasteiger partial charge in [0, 0.05) is 11.9 Å². The number of pyridine rings is 1. The highest BCUT2D eigenvalue weighted by Gasteiger charge is 2.26. The van der Waals surface area contributed by atoms with Gasteiger partial charge in [0.05, 0.1) is 5.52 Å². The number of carbonyl (C=O) groups is 1. The highest BCUT2D eigenvalue weighted by Crippen LogP contribution is 2.29. The summed E-state index contributed by atoms with van der Waals surface area (Å²) >= 11 is 0. The number of aryl methyl sites for hydroxylation is 1. The minimum absolute atomic E-state index is 0.0249. The normalized spacial score (nSPS) is 13.1. The van der Waals surface area contributed by atoms with Crippen molar-refractivity contribution in [3.8, 4) is 5.75 Å². The number of rotatable bonds is 3. The second kappa shape index (κ2) is 5.96. The fourth-order valence-corrected chi connectivity index (χ4v) is 3.07. The van der Waals surface area contributed by atoms with E-state index in [4.69, 9.17) is 9.72 Å². The maximum atomic E-state index is 12.5. The Morgan fingerprint density at radius 2 is 2.00 bits per heavy atom. The zero-order valence-corrected chi connectivity index (χ0v) is 13.5. The van der Waals surface area contributed by atoms with Crippen LogP contribution < -0.4 is 9.64 Å². The number of anilines is 1. The van der Waals surface area contributed by atoms with E-state index >= 15 is 0 Å². The molecule has 24 heavy (non-hydrogen) atoms. The third-order valence-corrected chi connectivity index (χ3v) is 4.29. The summed E-state index contributed by atoms with van der Waals surface area (Å²) < 4.78 is 5.58. The summed E-state index contributed by atoms with van der Waals surface area (Å²) in [6.45, 7) is 2.76. The summed E-state index contributed by atoms with van der Waals surface area (Å²) in [4.78, 5) is 19.0. The van der Waals surface area contributed by atoms with Crippen LogP contribution in [0.3, 0.4) is 0 Å². The highest BCUT2D eigenvalue weighted by molar-refractivity contribution is 5.97. The van der Waals surface area contributed by atoms with E-state index in [1.54, 1.807) is 4.90 Å². The number of ether oxygens (including phenoxy) is 1. The van der Waals surface area contributed by atoms with Crippen molar-refractivity contribution in [1.29, 1.82) is 0 Å². The van der Waals surface area contributed by atoms with Crippen molar-refractivity contribution in [1.82, 2.24) is 4.98 Å². The molecule has 0 radical (unpaired) electrons. The summed E-state index contributed by atoms with van der Waals surface area (Å²) in [5.74, 6) is 1.41. The second-order valence-electron chi connectivity index (χ2n) is 6.06. The van der Waals surface area contributed by atoms with Gasteiger partial charge in [-0.25, -0.2) is 4.98 Å². The molecule has 1 aliphatic heterocycles. The molecule has 0 saturated heterocycles. The minimum atomic E-state index is -0.0587. The fourth-order valence-electron chi connectivity index (χ4n) is 3.07. The van der Waals surface area contributed by atoms with Crippen molar-refractivity contribution in [2.24, 2.45) is 0 Å². The van der Waals surface area contributed by atoms with E-state index in [-0.39, 0.29) is 12.5 Å². The van der Waals surface area contributed by atoms with Crippen molar-refractivity contribution in [3.05, 3.63) is 65.7 Å². The second-order valence-corrected chi connectivity index (χ2v) is 6.06. The Morgan fingerprint density at radius 3 is 2.83 bits per heavy atom. The van der Waals surface area contributed by atoms with Gasteiger partial charge in [0.1, 0.15) is 11.6 Å². The van der Waals surface area contributed by atoms with E-state index in [1.807, 2.05) is 42.5 Å². The van der Waals surface area contributed by atoms with E-state index in [1.165, 1.54) is 5.56 Å². The van der Waals surface area contributed by atoms with Crippen LogP contribution in [0.25, 0.3) is 10.9 Å². The molecule has 4 nitrogen and oxygen atoms in total. The lowest BCUT2D eigenvalue weighted by atomic mass is 10.1. The topological polar surface area (TPSA) is 42.4 Å². The molecule has 0 N–H and O–H groups in total. The number of hydrogen-bond donors (Lipinski definition) is 0. The first-order chi connectivity index (χ1) is 11.7. The highest BCUT2D eigenvalue weighted by atomic mass is 16.5. The monoisotopic (exact) mass is 318 g/mol. The number of fused-ring (bicyclic) bond motifs is 2. The van der Waals surface area contributed by atoms with E-state index in [0.717, 1.165) is 28.7 Å². The van der Waals surface area contributed by atoms with E-state index in [9.17, 15) is 4.79 Å². The predicted molar refractivity (Wildman–Crippen MR) is 94.5 cm³/mol. The largest absolute Gasteiger partial charge is 0.484 e. The van der Waals surface area contributed by atoms with Gasteiger partial charge in [-0.2, -0.15) is 0 Å². The Labute approximate surface area is 140 Å². The lowest BCUT2D eigenvalue weighted by molar-refractivity contribution is -0.120. The number of benzene rings is 2.